The maximum Gasteiger partial charge on any atom is 0.0576 e. The average molecular weight is 262 g/mol. The Bertz CT molecular complexity index is 336. The van der Waals surface area contributed by atoms with Crippen molar-refractivity contribution in [1.29, 1.82) is 0 Å². The van der Waals surface area contributed by atoms with Crippen molar-refractivity contribution in [2.24, 2.45) is 0 Å². The van der Waals surface area contributed by atoms with Crippen LogP contribution in [0.2, 0.25) is 0 Å². The van der Waals surface area contributed by atoms with Crippen molar-refractivity contribution in [3.63, 3.8) is 0 Å². The number of nitrogens with zero attached hydrogens (tertiary/aromatic N) is 1. The van der Waals surface area contributed by atoms with Crippen molar-refractivity contribution < 1.29 is 4.74 Å². The number of pyridine rings is 1. The third-order valence-electron chi connectivity index (χ3n) is 3.99. The predicted octanol–water partition coefficient (Wildman–Crippen LogP) is 2.95. The number of nitrogens with one attached hydrogen (secondary N) is 1. The summed E-state index contributed by atoms with van der Waals surface area (Å²) in [6, 6.07) is 6.75. The summed E-state index contributed by atoms with van der Waals surface area (Å²) >= 11 is 0. The highest BCUT2D eigenvalue weighted by Crippen LogP contribution is 2.18. The molecule has 1 aliphatic rings. The lowest BCUT2D eigenvalue weighted by Crippen LogP contribution is -2.26. The third kappa shape index (κ3) is 5.29. The van der Waals surface area contributed by atoms with Crippen LogP contribution < -0.4 is 5.32 Å². The van der Waals surface area contributed by atoms with Gasteiger partial charge in [-0.2, -0.15) is 0 Å². The normalized spacial score (nSPS) is 20.6. The van der Waals surface area contributed by atoms with Crippen molar-refractivity contribution in [3.8, 4) is 0 Å². The molecular weight excluding hydrogens is 236 g/mol. The van der Waals surface area contributed by atoms with Gasteiger partial charge in [0, 0.05) is 24.5 Å². The lowest BCUT2D eigenvalue weighted by Gasteiger charge is -2.17. The zero-order valence-electron chi connectivity index (χ0n) is 12.0. The molecule has 0 aromatic carbocycles. The van der Waals surface area contributed by atoms with Gasteiger partial charge in [-0.1, -0.05) is 6.07 Å². The molecule has 0 spiro atoms. The SMILES string of the molecule is CNC(CCCC1CCCO1)CCc1ccccn1. The van der Waals surface area contributed by atoms with Crippen LogP contribution in [0.3, 0.4) is 0 Å². The third-order valence-corrected chi connectivity index (χ3v) is 3.99. The first-order chi connectivity index (χ1) is 9.38. The van der Waals surface area contributed by atoms with Gasteiger partial charge in [0.2, 0.25) is 0 Å². The molecule has 1 aromatic heterocycles. The van der Waals surface area contributed by atoms with Gasteiger partial charge in [-0.3, -0.25) is 4.98 Å². The largest absolute Gasteiger partial charge is 0.378 e. The quantitative estimate of drug-likeness (QED) is 0.782. The van der Waals surface area contributed by atoms with E-state index in [1.807, 2.05) is 12.3 Å². The molecule has 0 bridgehead atoms. The molecular formula is C16H26N2O. The van der Waals surface area contributed by atoms with E-state index < -0.39 is 0 Å². The number of aryl methyl sites for hydroxylation is 1. The highest BCUT2D eigenvalue weighted by molar-refractivity contribution is 5.03. The van der Waals surface area contributed by atoms with Gasteiger partial charge in [-0.15, -0.1) is 0 Å². The van der Waals surface area contributed by atoms with Crippen LogP contribution in [-0.2, 0) is 11.2 Å². The zero-order valence-corrected chi connectivity index (χ0v) is 12.0. The van der Waals surface area contributed by atoms with Crippen molar-refractivity contribution in [1.82, 2.24) is 10.3 Å². The molecule has 2 heterocycles. The van der Waals surface area contributed by atoms with E-state index in [0.717, 1.165) is 13.0 Å². The fourth-order valence-electron chi connectivity index (χ4n) is 2.77. The smallest absolute Gasteiger partial charge is 0.0576 e. The van der Waals surface area contributed by atoms with E-state index in [1.165, 1.54) is 44.2 Å². The van der Waals surface area contributed by atoms with E-state index in [9.17, 15) is 0 Å². The maximum atomic E-state index is 5.67. The molecule has 0 saturated carbocycles. The van der Waals surface area contributed by atoms with Gasteiger partial charge in [0.1, 0.15) is 0 Å². The van der Waals surface area contributed by atoms with Crippen molar-refractivity contribution in [2.45, 2.75) is 57.1 Å². The minimum atomic E-state index is 0.535. The Kier molecular flexibility index (Phi) is 6.31. The van der Waals surface area contributed by atoms with Gasteiger partial charge in [0.05, 0.1) is 6.10 Å². The second-order valence-corrected chi connectivity index (χ2v) is 5.41. The van der Waals surface area contributed by atoms with Gasteiger partial charge in [0.15, 0.2) is 0 Å². The average Bonchev–Trinajstić information content (AvgIpc) is 2.97. The van der Waals surface area contributed by atoms with Crippen molar-refractivity contribution in [2.75, 3.05) is 13.7 Å². The second-order valence-electron chi connectivity index (χ2n) is 5.41. The molecule has 1 aromatic rings. The molecule has 2 unspecified atom stereocenters. The first-order valence-electron chi connectivity index (χ1n) is 7.57. The molecule has 1 N–H and O–H groups in total. The summed E-state index contributed by atoms with van der Waals surface area (Å²) in [4.78, 5) is 4.38. The van der Waals surface area contributed by atoms with E-state index >= 15 is 0 Å². The molecule has 0 aliphatic carbocycles. The van der Waals surface area contributed by atoms with Crippen LogP contribution >= 0.6 is 0 Å². The Balaban J connectivity index is 1.62. The fourth-order valence-corrected chi connectivity index (χ4v) is 2.77. The Morgan fingerprint density at radius 2 is 2.37 bits per heavy atom. The number of ether oxygens (including phenoxy) is 1. The monoisotopic (exact) mass is 262 g/mol. The van der Waals surface area contributed by atoms with E-state index in [4.69, 9.17) is 4.74 Å². The van der Waals surface area contributed by atoms with Gasteiger partial charge in [-0.05, 0) is 64.1 Å². The van der Waals surface area contributed by atoms with Crippen LogP contribution in [-0.4, -0.2) is 30.8 Å². The van der Waals surface area contributed by atoms with E-state index in [1.54, 1.807) is 0 Å². The fraction of sp³-hybridized carbons (Fsp3) is 0.688. The molecule has 1 fully saturated rings. The minimum Gasteiger partial charge on any atom is -0.378 e. The van der Waals surface area contributed by atoms with Crippen LogP contribution in [0, 0.1) is 0 Å². The van der Waals surface area contributed by atoms with Crippen molar-refractivity contribution in [3.05, 3.63) is 30.1 Å². The molecule has 0 amide bonds. The minimum absolute atomic E-state index is 0.535. The molecule has 2 rings (SSSR count). The number of hydrogen-bond acceptors (Lipinski definition) is 3. The van der Waals surface area contributed by atoms with Crippen LogP contribution in [0.25, 0.3) is 0 Å². The summed E-state index contributed by atoms with van der Waals surface area (Å²) < 4.78 is 5.67. The molecule has 3 heteroatoms. The van der Waals surface area contributed by atoms with Gasteiger partial charge < -0.3 is 10.1 Å². The predicted molar refractivity (Wildman–Crippen MR) is 78.2 cm³/mol. The first-order valence-corrected chi connectivity index (χ1v) is 7.57. The Morgan fingerprint density at radius 1 is 1.42 bits per heavy atom. The van der Waals surface area contributed by atoms with E-state index in [2.05, 4.69) is 29.5 Å². The molecule has 106 valence electrons. The number of hydrogen-bond donors (Lipinski definition) is 1. The summed E-state index contributed by atoms with van der Waals surface area (Å²) in [5, 5.41) is 3.43. The number of aromatic nitrogens is 1. The lowest BCUT2D eigenvalue weighted by molar-refractivity contribution is 0.101. The summed E-state index contributed by atoms with van der Waals surface area (Å²) in [5.41, 5.74) is 1.20. The zero-order chi connectivity index (χ0) is 13.3. The number of rotatable bonds is 8. The molecule has 1 saturated heterocycles. The van der Waals surface area contributed by atoms with Gasteiger partial charge in [-0.25, -0.2) is 0 Å². The Hall–Kier alpha value is -0.930. The molecule has 2 atom stereocenters. The Labute approximate surface area is 116 Å². The second kappa shape index (κ2) is 8.28. The molecule has 1 aliphatic heterocycles. The molecule has 0 radical (unpaired) electrons. The highest BCUT2D eigenvalue weighted by Gasteiger charge is 2.15. The standard InChI is InChI=1S/C16H26N2O/c1-17-14(7-4-8-16-9-5-13-19-16)10-11-15-6-2-3-12-18-15/h2-3,6,12,14,16-17H,4-5,7-11,13H2,1H3. The topological polar surface area (TPSA) is 34.1 Å². The van der Waals surface area contributed by atoms with Gasteiger partial charge >= 0.3 is 0 Å². The summed E-state index contributed by atoms with van der Waals surface area (Å²) in [6.45, 7) is 0.972. The van der Waals surface area contributed by atoms with Gasteiger partial charge in [0.25, 0.3) is 0 Å². The molecule has 19 heavy (non-hydrogen) atoms. The van der Waals surface area contributed by atoms with Crippen LogP contribution in [0.4, 0.5) is 0 Å². The van der Waals surface area contributed by atoms with Crippen molar-refractivity contribution >= 4 is 0 Å². The maximum absolute atomic E-state index is 5.67. The summed E-state index contributed by atoms with van der Waals surface area (Å²) in [5.74, 6) is 0. The van der Waals surface area contributed by atoms with E-state index in [0.29, 0.717) is 12.1 Å². The lowest BCUT2D eigenvalue weighted by atomic mass is 10.0. The summed E-state index contributed by atoms with van der Waals surface area (Å²) in [7, 11) is 2.06. The van der Waals surface area contributed by atoms with Crippen LogP contribution in [0.5, 0.6) is 0 Å². The first kappa shape index (κ1) is 14.5. The Morgan fingerprint density at radius 3 is 3.05 bits per heavy atom. The van der Waals surface area contributed by atoms with Crippen LogP contribution in [0.15, 0.2) is 24.4 Å². The van der Waals surface area contributed by atoms with Crippen LogP contribution in [0.1, 0.15) is 44.2 Å². The highest BCUT2D eigenvalue weighted by atomic mass is 16.5. The molecule has 3 nitrogen and oxygen atoms in total. The van der Waals surface area contributed by atoms with E-state index in [-0.39, 0.29) is 0 Å². The summed E-state index contributed by atoms with van der Waals surface area (Å²) in [6.07, 6.45) is 10.9.